The van der Waals surface area contributed by atoms with Gasteiger partial charge in [0.05, 0.1) is 6.61 Å². The zero-order valence-corrected chi connectivity index (χ0v) is 26.1. The fraction of sp³-hybridized carbons (Fsp3) is 0.212. The molecule has 0 aliphatic carbocycles. The Morgan fingerprint density at radius 3 is 2.33 bits per heavy atom. The monoisotopic (exact) mass is 712 g/mol. The molecule has 10 heteroatoms. The van der Waals surface area contributed by atoms with E-state index in [1.165, 1.54) is 6.07 Å². The summed E-state index contributed by atoms with van der Waals surface area (Å²) in [4.78, 5) is 19.3. The molecule has 1 amide bonds. The summed E-state index contributed by atoms with van der Waals surface area (Å²) in [5.41, 5.74) is 0.347. The quantitative estimate of drug-likeness (QED) is 0.163. The fourth-order valence-electron chi connectivity index (χ4n) is 4.87. The van der Waals surface area contributed by atoms with Crippen molar-refractivity contribution in [2.45, 2.75) is 31.0 Å². The third kappa shape index (κ3) is 6.98. The summed E-state index contributed by atoms with van der Waals surface area (Å²) in [6.45, 7) is 0.0367. The summed E-state index contributed by atoms with van der Waals surface area (Å²) in [6.07, 6.45) is -0.226. The van der Waals surface area contributed by atoms with Crippen molar-refractivity contribution in [3.05, 3.63) is 134 Å². The molecule has 4 aromatic carbocycles. The molecule has 0 saturated heterocycles. The van der Waals surface area contributed by atoms with E-state index in [0.29, 0.717) is 29.9 Å². The molecule has 222 valence electrons. The summed E-state index contributed by atoms with van der Waals surface area (Å²) in [6, 6.07) is 25.6. The lowest BCUT2D eigenvalue weighted by Gasteiger charge is -2.31. The van der Waals surface area contributed by atoms with Crippen LogP contribution in [-0.2, 0) is 22.5 Å². The van der Waals surface area contributed by atoms with Crippen LogP contribution in [0.15, 0.2) is 105 Å². The van der Waals surface area contributed by atoms with Crippen LogP contribution in [0.4, 0.5) is 8.78 Å². The SMILES string of the molecule is O=C(NCc1c(F)cccc1F)[C@]1(Cc2ccccc2Br)N=C(c2ccc(OCCCO)cc2)O[C@@H]1c1ccc(Br)cc1. The molecule has 0 spiro atoms. The van der Waals surface area contributed by atoms with Gasteiger partial charge in [-0.1, -0.05) is 68.3 Å². The van der Waals surface area contributed by atoms with Crippen molar-refractivity contribution in [2.24, 2.45) is 4.99 Å². The first kappa shape index (κ1) is 30.8. The average Bonchev–Trinajstić information content (AvgIpc) is 3.39. The summed E-state index contributed by atoms with van der Waals surface area (Å²) >= 11 is 7.06. The number of amides is 1. The molecule has 1 aliphatic heterocycles. The van der Waals surface area contributed by atoms with Crippen LogP contribution in [0.3, 0.4) is 0 Å². The topological polar surface area (TPSA) is 80.2 Å². The predicted octanol–water partition coefficient (Wildman–Crippen LogP) is 7.07. The molecule has 1 aliphatic rings. The first-order chi connectivity index (χ1) is 20.8. The average molecular weight is 714 g/mol. The Hall–Kier alpha value is -3.60. The summed E-state index contributed by atoms with van der Waals surface area (Å²) in [7, 11) is 0. The minimum Gasteiger partial charge on any atom is -0.494 e. The largest absolute Gasteiger partial charge is 0.494 e. The molecule has 5 rings (SSSR count). The Morgan fingerprint density at radius 2 is 1.65 bits per heavy atom. The molecular weight excluding hydrogens is 686 g/mol. The van der Waals surface area contributed by atoms with E-state index in [9.17, 15) is 13.6 Å². The van der Waals surface area contributed by atoms with Gasteiger partial charge in [0.25, 0.3) is 5.91 Å². The number of aliphatic imine (C=N–C) groups is 1. The summed E-state index contributed by atoms with van der Waals surface area (Å²) in [5, 5.41) is 11.8. The number of halogens is 4. The summed E-state index contributed by atoms with van der Waals surface area (Å²) < 4.78 is 42.8. The third-order valence-electron chi connectivity index (χ3n) is 7.11. The van der Waals surface area contributed by atoms with E-state index < -0.39 is 29.2 Å². The van der Waals surface area contributed by atoms with E-state index in [1.54, 1.807) is 24.3 Å². The van der Waals surface area contributed by atoms with Gasteiger partial charge in [-0.3, -0.25) is 4.79 Å². The van der Waals surface area contributed by atoms with Crippen LogP contribution in [0.2, 0.25) is 0 Å². The number of benzene rings is 4. The molecule has 2 atom stereocenters. The van der Waals surface area contributed by atoms with Crippen molar-refractivity contribution in [2.75, 3.05) is 13.2 Å². The minimum atomic E-state index is -1.54. The number of ether oxygens (including phenoxy) is 2. The highest BCUT2D eigenvalue weighted by molar-refractivity contribution is 9.10. The van der Waals surface area contributed by atoms with Crippen LogP contribution in [0.1, 0.15) is 34.8 Å². The van der Waals surface area contributed by atoms with Gasteiger partial charge in [-0.05, 0) is 65.7 Å². The molecule has 6 nitrogen and oxygen atoms in total. The first-order valence-electron chi connectivity index (χ1n) is 13.6. The van der Waals surface area contributed by atoms with Crippen LogP contribution in [0.5, 0.6) is 5.75 Å². The lowest BCUT2D eigenvalue weighted by atomic mass is 9.82. The van der Waals surface area contributed by atoms with Gasteiger partial charge in [0.15, 0.2) is 11.6 Å². The van der Waals surface area contributed by atoms with Crippen molar-refractivity contribution in [3.63, 3.8) is 0 Å². The van der Waals surface area contributed by atoms with Crippen LogP contribution < -0.4 is 10.1 Å². The maximum absolute atomic E-state index is 14.5. The van der Waals surface area contributed by atoms with Gasteiger partial charge < -0.3 is 19.9 Å². The number of rotatable bonds is 11. The van der Waals surface area contributed by atoms with Gasteiger partial charge in [0.2, 0.25) is 5.90 Å². The van der Waals surface area contributed by atoms with Crippen molar-refractivity contribution in [1.82, 2.24) is 5.32 Å². The van der Waals surface area contributed by atoms with Gasteiger partial charge in [0.1, 0.15) is 17.4 Å². The normalized spacial score (nSPS) is 17.7. The van der Waals surface area contributed by atoms with Crippen LogP contribution in [0, 0.1) is 11.6 Å². The number of hydrogen-bond donors (Lipinski definition) is 2. The molecule has 43 heavy (non-hydrogen) atoms. The highest BCUT2D eigenvalue weighted by Crippen LogP contribution is 2.43. The number of hydrogen-bond acceptors (Lipinski definition) is 5. The van der Waals surface area contributed by atoms with E-state index in [0.717, 1.165) is 26.6 Å². The van der Waals surface area contributed by atoms with E-state index in [4.69, 9.17) is 19.6 Å². The Morgan fingerprint density at radius 1 is 0.953 bits per heavy atom. The van der Waals surface area contributed by atoms with E-state index in [1.807, 2.05) is 48.5 Å². The van der Waals surface area contributed by atoms with Gasteiger partial charge in [-0.2, -0.15) is 0 Å². The molecule has 0 saturated carbocycles. The molecule has 0 bridgehead atoms. The maximum atomic E-state index is 14.5. The Labute approximate surface area is 265 Å². The lowest BCUT2D eigenvalue weighted by Crippen LogP contribution is -2.49. The lowest BCUT2D eigenvalue weighted by molar-refractivity contribution is -0.129. The number of carbonyl (C=O) groups excluding carboxylic acids is 1. The van der Waals surface area contributed by atoms with Gasteiger partial charge in [-0.25, -0.2) is 13.8 Å². The fourth-order valence-corrected chi connectivity index (χ4v) is 5.56. The zero-order chi connectivity index (χ0) is 30.4. The molecule has 4 aromatic rings. The van der Waals surface area contributed by atoms with Crippen molar-refractivity contribution < 1.29 is 28.2 Å². The van der Waals surface area contributed by atoms with Crippen molar-refractivity contribution in [1.29, 1.82) is 0 Å². The van der Waals surface area contributed by atoms with Crippen molar-refractivity contribution in [3.8, 4) is 5.75 Å². The molecule has 1 heterocycles. The predicted molar refractivity (Wildman–Crippen MR) is 167 cm³/mol. The number of nitrogens with zero attached hydrogens (tertiary/aromatic N) is 1. The van der Waals surface area contributed by atoms with E-state index >= 15 is 0 Å². The van der Waals surface area contributed by atoms with E-state index in [-0.39, 0.29) is 31.0 Å². The van der Waals surface area contributed by atoms with Gasteiger partial charge in [-0.15, -0.1) is 0 Å². The summed E-state index contributed by atoms with van der Waals surface area (Å²) in [5.74, 6) is -1.19. The van der Waals surface area contributed by atoms with Crippen LogP contribution >= 0.6 is 31.9 Å². The number of carbonyl (C=O) groups is 1. The molecule has 0 unspecified atom stereocenters. The first-order valence-corrected chi connectivity index (χ1v) is 15.2. The standard InChI is InChI=1S/C33H28Br2F2N2O4/c34-24-13-9-21(10-14-24)30-33(19-23-5-1-2-6-27(23)35,32(41)38-20-26-28(36)7-3-8-29(26)37)39-31(43-30)22-11-15-25(16-12-22)42-18-4-17-40/h1-3,5-16,30,40H,4,17-20H2,(H,38,41)/t30-,33-/m1/s1. The van der Waals surface area contributed by atoms with E-state index in [2.05, 4.69) is 37.2 Å². The van der Waals surface area contributed by atoms with Gasteiger partial charge in [0, 0.05) is 46.1 Å². The Kier molecular flexibility index (Phi) is 9.90. The second kappa shape index (κ2) is 13.8. The smallest absolute Gasteiger partial charge is 0.252 e. The Bertz CT molecular complexity index is 1600. The molecule has 0 fully saturated rings. The minimum absolute atomic E-state index is 0.0331. The molecular formula is C33H28Br2F2N2O4. The van der Waals surface area contributed by atoms with Crippen LogP contribution in [0.25, 0.3) is 0 Å². The highest BCUT2D eigenvalue weighted by Gasteiger charge is 2.53. The zero-order valence-electron chi connectivity index (χ0n) is 22.9. The Balaban J connectivity index is 1.57. The van der Waals surface area contributed by atoms with Crippen LogP contribution in [-0.4, -0.2) is 35.7 Å². The second-order valence-electron chi connectivity index (χ2n) is 9.99. The number of aliphatic hydroxyl groups excluding tert-OH is 1. The second-order valence-corrected chi connectivity index (χ2v) is 11.8. The van der Waals surface area contributed by atoms with Crippen molar-refractivity contribution >= 4 is 43.7 Å². The number of nitrogens with one attached hydrogen (secondary N) is 1. The molecule has 0 radical (unpaired) electrons. The highest BCUT2D eigenvalue weighted by atomic mass is 79.9. The maximum Gasteiger partial charge on any atom is 0.252 e. The third-order valence-corrected chi connectivity index (χ3v) is 8.41. The molecule has 0 aromatic heterocycles. The number of aliphatic hydroxyl groups is 1. The molecule has 2 N–H and O–H groups in total. The van der Waals surface area contributed by atoms with Gasteiger partial charge >= 0.3 is 0 Å².